The second-order valence-corrected chi connectivity index (χ2v) is 5.62. The Labute approximate surface area is 131 Å². The topological polar surface area (TPSA) is 55.6 Å². The normalized spacial score (nSPS) is 22.5. The van der Waals surface area contributed by atoms with E-state index in [1.165, 1.54) is 0 Å². The Balaban J connectivity index is 2.00. The summed E-state index contributed by atoms with van der Waals surface area (Å²) in [6, 6.07) is 3.97. The van der Waals surface area contributed by atoms with Crippen molar-refractivity contribution in [2.24, 2.45) is 5.73 Å². The van der Waals surface area contributed by atoms with Gasteiger partial charge in [0.1, 0.15) is 11.8 Å². The fourth-order valence-electron chi connectivity index (χ4n) is 2.37. The number of rotatable bonds is 3. The molecule has 0 spiro atoms. The predicted octanol–water partition coefficient (Wildman–Crippen LogP) is 2.60. The Morgan fingerprint density at radius 1 is 1.32 bits per heavy atom. The van der Waals surface area contributed by atoms with Crippen LogP contribution in [0.15, 0.2) is 24.3 Å². The lowest BCUT2D eigenvalue weighted by Gasteiger charge is -2.39. The summed E-state index contributed by atoms with van der Waals surface area (Å²) in [5.74, 6) is -0.366. The monoisotopic (exact) mass is 336 g/mol. The molecule has 0 unspecified atom stereocenters. The van der Waals surface area contributed by atoms with Gasteiger partial charge in [-0.2, -0.15) is 13.2 Å². The summed E-state index contributed by atoms with van der Waals surface area (Å²) in [6.45, 7) is -0.589. The summed E-state index contributed by atoms with van der Waals surface area (Å²) >= 11 is 5.71. The van der Waals surface area contributed by atoms with Crippen molar-refractivity contribution in [1.29, 1.82) is 0 Å². The lowest BCUT2D eigenvalue weighted by atomic mass is 9.98. The molecule has 1 aliphatic rings. The number of likely N-dealkylation sites (tertiary alicyclic amines) is 1. The maximum absolute atomic E-state index is 13.0. The first-order valence-electron chi connectivity index (χ1n) is 6.77. The van der Waals surface area contributed by atoms with Crippen molar-refractivity contribution < 1.29 is 22.7 Å². The summed E-state index contributed by atoms with van der Waals surface area (Å²) < 4.78 is 44.2. The minimum Gasteiger partial charge on any atom is -0.484 e. The van der Waals surface area contributed by atoms with Crippen LogP contribution < -0.4 is 10.5 Å². The van der Waals surface area contributed by atoms with E-state index < -0.39 is 30.8 Å². The molecule has 122 valence electrons. The largest absolute Gasteiger partial charge is 0.484 e. The Morgan fingerprint density at radius 2 is 1.95 bits per heavy atom. The second kappa shape index (κ2) is 6.75. The van der Waals surface area contributed by atoms with Crippen molar-refractivity contribution in [3.05, 3.63) is 29.3 Å². The van der Waals surface area contributed by atoms with Gasteiger partial charge in [-0.05, 0) is 37.1 Å². The van der Waals surface area contributed by atoms with Gasteiger partial charge in [0.15, 0.2) is 6.61 Å². The van der Waals surface area contributed by atoms with Gasteiger partial charge in [-0.1, -0.05) is 11.6 Å². The first-order valence-corrected chi connectivity index (χ1v) is 7.15. The van der Waals surface area contributed by atoms with Gasteiger partial charge in [-0.25, -0.2) is 0 Å². The summed E-state index contributed by atoms with van der Waals surface area (Å²) in [6.07, 6.45) is -4.40. The van der Waals surface area contributed by atoms with E-state index >= 15 is 0 Å². The van der Waals surface area contributed by atoms with Crippen LogP contribution in [0.25, 0.3) is 0 Å². The van der Waals surface area contributed by atoms with Crippen LogP contribution in [0.4, 0.5) is 13.2 Å². The molecular weight excluding hydrogens is 321 g/mol. The molecule has 1 aliphatic heterocycles. The van der Waals surface area contributed by atoms with Crippen LogP contribution in [0.5, 0.6) is 5.75 Å². The Hall–Kier alpha value is -1.47. The number of alkyl halides is 3. The van der Waals surface area contributed by atoms with E-state index in [1.807, 2.05) is 0 Å². The van der Waals surface area contributed by atoms with Crippen LogP contribution in [0.1, 0.15) is 12.8 Å². The minimum absolute atomic E-state index is 0.118. The standard InChI is InChI=1S/C14H16ClF3N2O2/c15-9-1-4-11(5-2-9)22-8-13(21)20-7-10(19)3-6-12(20)14(16,17)18/h1-2,4-5,10,12H,3,6-8,19H2/t10-,12-/m1/s1. The fourth-order valence-corrected chi connectivity index (χ4v) is 2.50. The number of piperidine rings is 1. The molecule has 1 amide bonds. The molecular formula is C14H16ClF3N2O2. The highest BCUT2D eigenvalue weighted by Gasteiger charge is 2.47. The van der Waals surface area contributed by atoms with Crippen LogP contribution in [-0.2, 0) is 4.79 Å². The number of nitrogens with zero attached hydrogens (tertiary/aromatic N) is 1. The fraction of sp³-hybridized carbons (Fsp3) is 0.500. The zero-order valence-corrected chi connectivity index (χ0v) is 12.4. The van der Waals surface area contributed by atoms with Crippen molar-refractivity contribution in [3.63, 3.8) is 0 Å². The van der Waals surface area contributed by atoms with Crippen molar-refractivity contribution in [2.45, 2.75) is 31.1 Å². The molecule has 4 nitrogen and oxygen atoms in total. The number of ether oxygens (including phenoxy) is 1. The predicted molar refractivity (Wildman–Crippen MR) is 75.7 cm³/mol. The molecule has 2 atom stereocenters. The van der Waals surface area contributed by atoms with E-state index in [-0.39, 0.29) is 19.4 Å². The molecule has 2 rings (SSSR count). The van der Waals surface area contributed by atoms with Crippen LogP contribution in [0.3, 0.4) is 0 Å². The Bertz CT molecular complexity index is 522. The summed E-state index contributed by atoms with van der Waals surface area (Å²) in [4.78, 5) is 12.8. The van der Waals surface area contributed by atoms with Crippen LogP contribution in [0, 0.1) is 0 Å². The molecule has 1 fully saturated rings. The van der Waals surface area contributed by atoms with Crippen molar-refractivity contribution in [2.75, 3.05) is 13.2 Å². The Morgan fingerprint density at radius 3 is 2.55 bits per heavy atom. The highest BCUT2D eigenvalue weighted by molar-refractivity contribution is 6.30. The van der Waals surface area contributed by atoms with E-state index in [0.29, 0.717) is 10.8 Å². The number of carbonyl (C=O) groups excluding carboxylic acids is 1. The van der Waals surface area contributed by atoms with Gasteiger partial charge in [-0.15, -0.1) is 0 Å². The number of halogens is 4. The molecule has 1 aromatic carbocycles. The molecule has 0 aromatic heterocycles. The maximum Gasteiger partial charge on any atom is 0.408 e. The van der Waals surface area contributed by atoms with Crippen molar-refractivity contribution in [3.8, 4) is 5.75 Å². The smallest absolute Gasteiger partial charge is 0.408 e. The van der Waals surface area contributed by atoms with Crippen molar-refractivity contribution >= 4 is 17.5 Å². The average molecular weight is 337 g/mol. The van der Waals surface area contributed by atoms with Gasteiger partial charge in [0.2, 0.25) is 0 Å². The van der Waals surface area contributed by atoms with E-state index in [1.54, 1.807) is 24.3 Å². The molecule has 0 radical (unpaired) electrons. The van der Waals surface area contributed by atoms with E-state index in [2.05, 4.69) is 0 Å². The number of hydrogen-bond acceptors (Lipinski definition) is 3. The molecule has 22 heavy (non-hydrogen) atoms. The molecule has 8 heteroatoms. The summed E-state index contributed by atoms with van der Waals surface area (Å²) in [7, 11) is 0. The van der Waals surface area contributed by atoms with Crippen LogP contribution in [-0.4, -0.2) is 42.2 Å². The van der Waals surface area contributed by atoms with E-state index in [9.17, 15) is 18.0 Å². The number of nitrogens with two attached hydrogens (primary N) is 1. The van der Waals surface area contributed by atoms with Gasteiger partial charge >= 0.3 is 6.18 Å². The third-order valence-electron chi connectivity index (χ3n) is 3.49. The highest BCUT2D eigenvalue weighted by atomic mass is 35.5. The number of amides is 1. The quantitative estimate of drug-likeness (QED) is 0.923. The van der Waals surface area contributed by atoms with E-state index in [0.717, 1.165) is 4.90 Å². The summed E-state index contributed by atoms with van der Waals surface area (Å²) in [5.41, 5.74) is 5.68. The van der Waals surface area contributed by atoms with Crippen LogP contribution >= 0.6 is 11.6 Å². The average Bonchev–Trinajstić information content (AvgIpc) is 2.45. The molecule has 1 heterocycles. The Kier molecular flexibility index (Phi) is 5.18. The van der Waals surface area contributed by atoms with Gasteiger partial charge in [-0.3, -0.25) is 4.79 Å². The number of benzene rings is 1. The van der Waals surface area contributed by atoms with E-state index in [4.69, 9.17) is 22.1 Å². The molecule has 1 aromatic rings. The number of hydrogen-bond donors (Lipinski definition) is 1. The maximum atomic E-state index is 13.0. The van der Waals surface area contributed by atoms with Gasteiger partial charge in [0, 0.05) is 17.6 Å². The molecule has 2 N–H and O–H groups in total. The highest BCUT2D eigenvalue weighted by Crippen LogP contribution is 2.31. The van der Waals surface area contributed by atoms with Crippen LogP contribution in [0.2, 0.25) is 5.02 Å². The third-order valence-corrected chi connectivity index (χ3v) is 3.74. The molecule has 0 aliphatic carbocycles. The van der Waals surface area contributed by atoms with Crippen molar-refractivity contribution in [1.82, 2.24) is 4.90 Å². The lowest BCUT2D eigenvalue weighted by molar-refractivity contribution is -0.197. The first kappa shape index (κ1) is 16.9. The number of carbonyl (C=O) groups is 1. The molecule has 0 bridgehead atoms. The first-order chi connectivity index (χ1) is 10.3. The molecule has 1 saturated heterocycles. The van der Waals surface area contributed by atoms with Gasteiger partial charge in [0.05, 0.1) is 0 Å². The minimum atomic E-state index is -4.46. The zero-order valence-electron chi connectivity index (χ0n) is 11.6. The summed E-state index contributed by atoms with van der Waals surface area (Å²) in [5, 5.41) is 0.498. The third kappa shape index (κ3) is 4.27. The van der Waals surface area contributed by atoms with Gasteiger partial charge < -0.3 is 15.4 Å². The SMILES string of the molecule is N[C@@H]1CC[C@H](C(F)(F)F)N(C(=O)COc2ccc(Cl)cc2)C1. The lowest BCUT2D eigenvalue weighted by Crippen LogP contribution is -2.57. The second-order valence-electron chi connectivity index (χ2n) is 5.18. The van der Waals surface area contributed by atoms with Gasteiger partial charge in [0.25, 0.3) is 5.91 Å². The molecule has 0 saturated carbocycles. The zero-order chi connectivity index (χ0) is 16.3.